The molecule has 0 aromatic heterocycles. The van der Waals surface area contributed by atoms with E-state index in [9.17, 15) is 14.0 Å². The smallest absolute Gasteiger partial charge is 0.335 e. The Kier molecular flexibility index (Phi) is 4.94. The number of carboxylic acids is 1. The van der Waals surface area contributed by atoms with E-state index in [1.165, 1.54) is 6.07 Å². The zero-order valence-electron chi connectivity index (χ0n) is 12.1. The predicted molar refractivity (Wildman–Crippen MR) is 77.7 cm³/mol. The summed E-state index contributed by atoms with van der Waals surface area (Å²) < 4.78 is 13.7. The minimum absolute atomic E-state index is 0.0404. The van der Waals surface area contributed by atoms with Gasteiger partial charge >= 0.3 is 5.97 Å². The topological polar surface area (TPSA) is 66.4 Å². The van der Waals surface area contributed by atoms with Crippen LogP contribution < -0.4 is 5.32 Å². The third-order valence-corrected chi connectivity index (χ3v) is 4.27. The van der Waals surface area contributed by atoms with Crippen LogP contribution in [0.5, 0.6) is 0 Å². The van der Waals surface area contributed by atoms with Crippen LogP contribution in [0, 0.1) is 17.7 Å². The van der Waals surface area contributed by atoms with Gasteiger partial charge in [-0.1, -0.05) is 13.3 Å². The van der Waals surface area contributed by atoms with Crippen molar-refractivity contribution in [3.63, 3.8) is 0 Å². The van der Waals surface area contributed by atoms with Crippen molar-refractivity contribution in [2.24, 2.45) is 11.8 Å². The molecular formula is C16H20FNO3. The molecule has 0 saturated heterocycles. The number of amides is 1. The maximum atomic E-state index is 13.7. The first-order valence-corrected chi connectivity index (χ1v) is 7.35. The number of hydrogen-bond donors (Lipinski definition) is 2. The lowest BCUT2D eigenvalue weighted by Gasteiger charge is -2.27. The van der Waals surface area contributed by atoms with Crippen molar-refractivity contribution in [3.8, 4) is 0 Å². The second-order valence-electron chi connectivity index (χ2n) is 5.61. The summed E-state index contributed by atoms with van der Waals surface area (Å²) in [6.45, 7) is 2.15. The molecule has 0 heterocycles. The van der Waals surface area contributed by atoms with E-state index in [2.05, 4.69) is 12.2 Å². The molecule has 1 aromatic carbocycles. The molecule has 1 fully saturated rings. The van der Waals surface area contributed by atoms with Gasteiger partial charge in [0.25, 0.3) is 0 Å². The lowest BCUT2D eigenvalue weighted by atomic mass is 9.80. The summed E-state index contributed by atoms with van der Waals surface area (Å²) in [5.41, 5.74) is -0.0982. The molecule has 1 aliphatic rings. The van der Waals surface area contributed by atoms with E-state index in [-0.39, 0.29) is 23.1 Å². The normalized spacial score (nSPS) is 21.8. The summed E-state index contributed by atoms with van der Waals surface area (Å²) in [6.07, 6.45) is 4.79. The van der Waals surface area contributed by atoms with Gasteiger partial charge < -0.3 is 10.4 Å². The minimum Gasteiger partial charge on any atom is -0.478 e. The standard InChI is InChI=1S/C16H20FNO3/c1-2-10-3-5-11(6-4-10)15(19)18-14-9-12(16(20)21)7-8-13(14)17/h7-11H,2-6H2,1H3,(H,18,19)(H,20,21). The van der Waals surface area contributed by atoms with Crippen molar-refractivity contribution in [2.75, 3.05) is 5.32 Å². The van der Waals surface area contributed by atoms with Gasteiger partial charge in [0.15, 0.2) is 0 Å². The van der Waals surface area contributed by atoms with Gasteiger partial charge in [-0.2, -0.15) is 0 Å². The Morgan fingerprint density at radius 3 is 2.52 bits per heavy atom. The van der Waals surface area contributed by atoms with E-state index < -0.39 is 11.8 Å². The van der Waals surface area contributed by atoms with Crippen molar-refractivity contribution < 1.29 is 19.1 Å². The van der Waals surface area contributed by atoms with Gasteiger partial charge in [0, 0.05) is 5.92 Å². The highest BCUT2D eigenvalue weighted by Gasteiger charge is 2.26. The average Bonchev–Trinajstić information content (AvgIpc) is 2.49. The number of halogens is 1. The Hall–Kier alpha value is -1.91. The Morgan fingerprint density at radius 2 is 1.95 bits per heavy atom. The quantitative estimate of drug-likeness (QED) is 0.890. The van der Waals surface area contributed by atoms with E-state index in [1.807, 2.05) is 0 Å². The fraction of sp³-hybridized carbons (Fsp3) is 0.500. The highest BCUT2D eigenvalue weighted by molar-refractivity contribution is 5.95. The zero-order chi connectivity index (χ0) is 15.4. The number of anilines is 1. The van der Waals surface area contributed by atoms with Crippen LogP contribution in [0.1, 0.15) is 49.4 Å². The van der Waals surface area contributed by atoms with Crippen molar-refractivity contribution in [3.05, 3.63) is 29.6 Å². The second-order valence-corrected chi connectivity index (χ2v) is 5.61. The van der Waals surface area contributed by atoms with Crippen molar-refractivity contribution >= 4 is 17.6 Å². The first kappa shape index (κ1) is 15.5. The second kappa shape index (κ2) is 6.70. The molecule has 0 spiro atoms. The number of nitrogens with one attached hydrogen (secondary N) is 1. The van der Waals surface area contributed by atoms with E-state index in [0.29, 0.717) is 5.92 Å². The molecule has 1 saturated carbocycles. The molecule has 0 aliphatic heterocycles. The van der Waals surface area contributed by atoms with Crippen LogP contribution in [0.25, 0.3) is 0 Å². The molecule has 5 heteroatoms. The highest BCUT2D eigenvalue weighted by Crippen LogP contribution is 2.31. The summed E-state index contributed by atoms with van der Waals surface area (Å²) in [5, 5.41) is 11.4. The van der Waals surface area contributed by atoms with Crippen molar-refractivity contribution in [1.29, 1.82) is 0 Å². The number of carboxylic acid groups (broad SMARTS) is 1. The molecule has 0 radical (unpaired) electrons. The lowest BCUT2D eigenvalue weighted by Crippen LogP contribution is -2.27. The van der Waals surface area contributed by atoms with Gasteiger partial charge in [0.1, 0.15) is 5.82 Å². The van der Waals surface area contributed by atoms with Crippen molar-refractivity contribution in [1.82, 2.24) is 0 Å². The molecule has 2 N–H and O–H groups in total. The van der Waals surface area contributed by atoms with Crippen LogP contribution >= 0.6 is 0 Å². The van der Waals surface area contributed by atoms with Crippen molar-refractivity contribution in [2.45, 2.75) is 39.0 Å². The SMILES string of the molecule is CCC1CCC(C(=O)Nc2cc(C(=O)O)ccc2F)CC1. The Morgan fingerprint density at radius 1 is 1.29 bits per heavy atom. The van der Waals surface area contributed by atoms with Gasteiger partial charge in [0.05, 0.1) is 11.3 Å². The van der Waals surface area contributed by atoms with E-state index in [4.69, 9.17) is 5.11 Å². The molecule has 0 unspecified atom stereocenters. The summed E-state index contributed by atoms with van der Waals surface area (Å²) in [5.74, 6) is -1.41. The molecule has 1 aromatic rings. The summed E-state index contributed by atoms with van der Waals surface area (Å²) in [4.78, 5) is 23.1. The van der Waals surface area contributed by atoms with Crippen LogP contribution in [-0.4, -0.2) is 17.0 Å². The van der Waals surface area contributed by atoms with Crippen LogP contribution in [0.2, 0.25) is 0 Å². The fourth-order valence-electron chi connectivity index (χ4n) is 2.82. The maximum absolute atomic E-state index is 13.7. The average molecular weight is 293 g/mol. The molecule has 2 rings (SSSR count). The molecule has 0 atom stereocenters. The number of hydrogen-bond acceptors (Lipinski definition) is 2. The monoisotopic (exact) mass is 293 g/mol. The maximum Gasteiger partial charge on any atom is 0.335 e. The largest absolute Gasteiger partial charge is 0.478 e. The molecule has 1 amide bonds. The first-order valence-electron chi connectivity index (χ1n) is 7.35. The first-order chi connectivity index (χ1) is 10.0. The van der Waals surface area contributed by atoms with Crippen LogP contribution in [0.3, 0.4) is 0 Å². The van der Waals surface area contributed by atoms with E-state index in [1.54, 1.807) is 0 Å². The zero-order valence-corrected chi connectivity index (χ0v) is 12.1. The van der Waals surface area contributed by atoms with Gasteiger partial charge in [-0.3, -0.25) is 4.79 Å². The number of benzene rings is 1. The number of carbonyl (C=O) groups excluding carboxylic acids is 1. The molecule has 114 valence electrons. The van der Waals surface area contributed by atoms with Crippen LogP contribution in [0.4, 0.5) is 10.1 Å². The molecule has 0 bridgehead atoms. The van der Waals surface area contributed by atoms with E-state index in [0.717, 1.165) is 44.2 Å². The highest BCUT2D eigenvalue weighted by atomic mass is 19.1. The van der Waals surface area contributed by atoms with Gasteiger partial charge in [0.2, 0.25) is 5.91 Å². The predicted octanol–water partition coefficient (Wildman–Crippen LogP) is 3.68. The van der Waals surface area contributed by atoms with Gasteiger partial charge in [-0.05, 0) is 49.8 Å². The number of rotatable bonds is 4. The third-order valence-electron chi connectivity index (χ3n) is 4.27. The van der Waals surface area contributed by atoms with Gasteiger partial charge in [-0.15, -0.1) is 0 Å². The summed E-state index contributed by atoms with van der Waals surface area (Å²) in [7, 11) is 0. The minimum atomic E-state index is -1.14. The Balaban J connectivity index is 2.03. The van der Waals surface area contributed by atoms with Gasteiger partial charge in [-0.25, -0.2) is 9.18 Å². The third kappa shape index (κ3) is 3.80. The summed E-state index contributed by atoms with van der Waals surface area (Å²) in [6, 6.07) is 3.40. The van der Waals surface area contributed by atoms with Crippen LogP contribution in [-0.2, 0) is 4.79 Å². The summed E-state index contributed by atoms with van der Waals surface area (Å²) >= 11 is 0. The lowest BCUT2D eigenvalue weighted by molar-refractivity contribution is -0.121. The van der Waals surface area contributed by atoms with Crippen LogP contribution in [0.15, 0.2) is 18.2 Å². The molecule has 4 nitrogen and oxygen atoms in total. The molecular weight excluding hydrogens is 273 g/mol. The number of aromatic carboxylic acids is 1. The Bertz CT molecular complexity index is 536. The molecule has 21 heavy (non-hydrogen) atoms. The fourth-order valence-corrected chi connectivity index (χ4v) is 2.82. The molecule has 1 aliphatic carbocycles. The van der Waals surface area contributed by atoms with E-state index >= 15 is 0 Å². The number of carbonyl (C=O) groups is 2. The Labute approximate surface area is 123 Å².